The minimum Gasteiger partial charge on any atom is -0.352 e. The van der Waals surface area contributed by atoms with E-state index in [-0.39, 0.29) is 11.9 Å². The normalized spacial score (nSPS) is 23.6. The number of nitrogens with zero attached hydrogens (tertiary/aromatic N) is 1. The molecule has 0 radical (unpaired) electrons. The van der Waals surface area contributed by atoms with E-state index < -0.39 is 0 Å². The van der Waals surface area contributed by atoms with Gasteiger partial charge in [0.2, 0.25) is 5.91 Å². The van der Waals surface area contributed by atoms with Crippen molar-refractivity contribution in [3.05, 3.63) is 0 Å². The Morgan fingerprint density at radius 3 is 2.60 bits per heavy atom. The Hall–Kier alpha value is -0.610. The van der Waals surface area contributed by atoms with Crippen molar-refractivity contribution in [1.29, 1.82) is 0 Å². The minimum absolute atomic E-state index is 0.169. The molecule has 20 heavy (non-hydrogen) atoms. The number of carbonyl (C=O) groups excluding carboxylic acids is 1. The molecule has 1 rings (SSSR count). The standard InChI is InChI=1S/C16H33N3O/c1-6-17-14(5)15-8-7-9-19(10-15)11-16(20)18-13(4)12(2)3/h12-15,17H,6-11H2,1-5H3,(H,18,20). The maximum Gasteiger partial charge on any atom is 0.234 e. The molecule has 0 aromatic rings. The van der Waals surface area contributed by atoms with E-state index in [9.17, 15) is 4.79 Å². The third-order valence-electron chi connectivity index (χ3n) is 4.53. The Labute approximate surface area is 124 Å². The van der Waals surface area contributed by atoms with Gasteiger partial charge in [0, 0.05) is 18.6 Å². The lowest BCUT2D eigenvalue weighted by atomic mass is 9.91. The van der Waals surface area contributed by atoms with Crippen LogP contribution in [0.4, 0.5) is 0 Å². The maximum absolute atomic E-state index is 12.1. The summed E-state index contributed by atoms with van der Waals surface area (Å²) in [7, 11) is 0. The van der Waals surface area contributed by atoms with Crippen LogP contribution in [-0.2, 0) is 4.79 Å². The first-order chi connectivity index (χ1) is 9.43. The van der Waals surface area contributed by atoms with Crippen LogP contribution in [0.1, 0.15) is 47.5 Å². The van der Waals surface area contributed by atoms with Crippen molar-refractivity contribution in [2.45, 2.75) is 59.5 Å². The third-order valence-corrected chi connectivity index (χ3v) is 4.53. The van der Waals surface area contributed by atoms with E-state index >= 15 is 0 Å². The molecule has 1 amide bonds. The highest BCUT2D eigenvalue weighted by Gasteiger charge is 2.25. The monoisotopic (exact) mass is 283 g/mol. The van der Waals surface area contributed by atoms with Gasteiger partial charge < -0.3 is 10.6 Å². The molecule has 2 N–H and O–H groups in total. The molecule has 1 saturated heterocycles. The molecular formula is C16H33N3O. The topological polar surface area (TPSA) is 44.4 Å². The zero-order chi connectivity index (χ0) is 15.1. The summed E-state index contributed by atoms with van der Waals surface area (Å²) in [5.41, 5.74) is 0. The second-order valence-corrected chi connectivity index (χ2v) is 6.58. The molecule has 1 aliphatic rings. The summed E-state index contributed by atoms with van der Waals surface area (Å²) in [5.74, 6) is 1.32. The molecule has 0 saturated carbocycles. The van der Waals surface area contributed by atoms with Crippen LogP contribution in [0.15, 0.2) is 0 Å². The van der Waals surface area contributed by atoms with Crippen LogP contribution in [0, 0.1) is 11.8 Å². The SMILES string of the molecule is CCNC(C)C1CCCN(CC(=O)NC(C)C(C)C)C1. The predicted molar refractivity (Wildman–Crippen MR) is 84.7 cm³/mol. The van der Waals surface area contributed by atoms with E-state index in [4.69, 9.17) is 0 Å². The van der Waals surface area contributed by atoms with Crippen LogP contribution in [0.3, 0.4) is 0 Å². The van der Waals surface area contributed by atoms with E-state index in [0.29, 0.717) is 24.4 Å². The van der Waals surface area contributed by atoms with Crippen molar-refractivity contribution in [3.8, 4) is 0 Å². The highest BCUT2D eigenvalue weighted by Crippen LogP contribution is 2.19. The van der Waals surface area contributed by atoms with Gasteiger partial charge in [-0.2, -0.15) is 0 Å². The van der Waals surface area contributed by atoms with E-state index in [0.717, 1.165) is 19.6 Å². The Kier molecular flexibility index (Phi) is 7.52. The molecule has 1 aliphatic heterocycles. The fraction of sp³-hybridized carbons (Fsp3) is 0.938. The van der Waals surface area contributed by atoms with E-state index in [1.165, 1.54) is 12.8 Å². The summed E-state index contributed by atoms with van der Waals surface area (Å²) in [6, 6.07) is 0.796. The summed E-state index contributed by atoms with van der Waals surface area (Å²) in [6.45, 7) is 14.4. The Bertz CT molecular complexity index is 293. The Morgan fingerprint density at radius 2 is 2.00 bits per heavy atom. The van der Waals surface area contributed by atoms with Crippen LogP contribution in [0.5, 0.6) is 0 Å². The van der Waals surface area contributed by atoms with Crippen molar-refractivity contribution in [1.82, 2.24) is 15.5 Å². The van der Waals surface area contributed by atoms with Crippen molar-refractivity contribution in [2.75, 3.05) is 26.2 Å². The fourth-order valence-corrected chi connectivity index (χ4v) is 2.80. The second kappa shape index (κ2) is 8.63. The van der Waals surface area contributed by atoms with Crippen molar-refractivity contribution >= 4 is 5.91 Å². The number of nitrogens with one attached hydrogen (secondary N) is 2. The van der Waals surface area contributed by atoms with Crippen molar-refractivity contribution < 1.29 is 4.79 Å². The number of carbonyl (C=O) groups is 1. The molecule has 0 bridgehead atoms. The van der Waals surface area contributed by atoms with Crippen LogP contribution < -0.4 is 10.6 Å². The first-order valence-electron chi connectivity index (χ1n) is 8.19. The lowest BCUT2D eigenvalue weighted by Gasteiger charge is -2.36. The average molecular weight is 283 g/mol. The molecule has 1 fully saturated rings. The van der Waals surface area contributed by atoms with Gasteiger partial charge >= 0.3 is 0 Å². The van der Waals surface area contributed by atoms with E-state index in [1.54, 1.807) is 0 Å². The minimum atomic E-state index is 0.169. The number of piperidine rings is 1. The summed E-state index contributed by atoms with van der Waals surface area (Å²) in [4.78, 5) is 14.4. The molecule has 0 aliphatic carbocycles. The summed E-state index contributed by atoms with van der Waals surface area (Å²) in [6.07, 6.45) is 2.47. The molecule has 3 atom stereocenters. The number of likely N-dealkylation sites (tertiary alicyclic amines) is 1. The van der Waals surface area contributed by atoms with Gasteiger partial charge in [0.15, 0.2) is 0 Å². The Morgan fingerprint density at radius 1 is 1.30 bits per heavy atom. The zero-order valence-electron chi connectivity index (χ0n) is 13.9. The summed E-state index contributed by atoms with van der Waals surface area (Å²) < 4.78 is 0. The first-order valence-corrected chi connectivity index (χ1v) is 8.19. The molecule has 0 spiro atoms. The van der Waals surface area contributed by atoms with Crippen molar-refractivity contribution in [2.24, 2.45) is 11.8 Å². The zero-order valence-corrected chi connectivity index (χ0v) is 13.9. The van der Waals surface area contributed by atoms with Crippen LogP contribution in [0.2, 0.25) is 0 Å². The number of hydrogen-bond acceptors (Lipinski definition) is 3. The molecular weight excluding hydrogens is 250 g/mol. The van der Waals surface area contributed by atoms with Gasteiger partial charge in [0.05, 0.1) is 6.54 Å². The molecule has 4 heteroatoms. The molecule has 4 nitrogen and oxygen atoms in total. The largest absolute Gasteiger partial charge is 0.352 e. The predicted octanol–water partition coefficient (Wildman–Crippen LogP) is 1.86. The number of hydrogen-bond donors (Lipinski definition) is 2. The van der Waals surface area contributed by atoms with E-state index in [2.05, 4.69) is 50.2 Å². The molecule has 3 unspecified atom stereocenters. The lowest BCUT2D eigenvalue weighted by molar-refractivity contribution is -0.123. The average Bonchev–Trinajstić information content (AvgIpc) is 2.39. The number of amides is 1. The Balaban J connectivity index is 2.38. The molecule has 1 heterocycles. The first kappa shape index (κ1) is 17.4. The molecule has 0 aromatic heterocycles. The third kappa shape index (κ3) is 5.80. The summed E-state index contributed by atoms with van der Waals surface area (Å²) >= 11 is 0. The van der Waals surface area contributed by atoms with Gasteiger partial charge in [0.1, 0.15) is 0 Å². The van der Waals surface area contributed by atoms with Gasteiger partial charge in [-0.25, -0.2) is 0 Å². The van der Waals surface area contributed by atoms with Gasteiger partial charge in [-0.15, -0.1) is 0 Å². The van der Waals surface area contributed by atoms with E-state index in [1.807, 2.05) is 0 Å². The van der Waals surface area contributed by atoms with Crippen LogP contribution >= 0.6 is 0 Å². The van der Waals surface area contributed by atoms with Crippen LogP contribution in [-0.4, -0.2) is 49.1 Å². The quantitative estimate of drug-likeness (QED) is 0.749. The van der Waals surface area contributed by atoms with Gasteiger partial charge in [-0.05, 0) is 51.6 Å². The highest BCUT2D eigenvalue weighted by molar-refractivity contribution is 5.78. The maximum atomic E-state index is 12.1. The molecule has 118 valence electrons. The van der Waals surface area contributed by atoms with Gasteiger partial charge in [-0.1, -0.05) is 20.8 Å². The molecule has 0 aromatic carbocycles. The fourth-order valence-electron chi connectivity index (χ4n) is 2.80. The highest BCUT2D eigenvalue weighted by atomic mass is 16.2. The smallest absolute Gasteiger partial charge is 0.234 e. The second-order valence-electron chi connectivity index (χ2n) is 6.58. The summed E-state index contributed by atoms with van der Waals surface area (Å²) in [5, 5.41) is 6.61. The van der Waals surface area contributed by atoms with Crippen molar-refractivity contribution in [3.63, 3.8) is 0 Å². The lowest BCUT2D eigenvalue weighted by Crippen LogP contribution is -2.48. The van der Waals surface area contributed by atoms with Crippen LogP contribution in [0.25, 0.3) is 0 Å². The van der Waals surface area contributed by atoms with Gasteiger partial charge in [0.25, 0.3) is 0 Å². The van der Waals surface area contributed by atoms with Gasteiger partial charge in [-0.3, -0.25) is 9.69 Å². The number of rotatable bonds is 7.